The third-order valence-corrected chi connectivity index (χ3v) is 4.61. The predicted octanol–water partition coefficient (Wildman–Crippen LogP) is 3.55. The largest absolute Gasteiger partial charge is 0.497 e. The number of halogens is 1. The first-order chi connectivity index (χ1) is 12.6. The van der Waals surface area contributed by atoms with Crippen molar-refractivity contribution < 1.29 is 13.9 Å². The highest BCUT2D eigenvalue weighted by atomic mass is 19.1. The van der Waals surface area contributed by atoms with Crippen molar-refractivity contribution in [1.82, 2.24) is 9.78 Å². The molecule has 1 amide bonds. The van der Waals surface area contributed by atoms with Gasteiger partial charge in [0.25, 0.3) is 0 Å². The first-order valence-electron chi connectivity index (χ1n) is 8.38. The monoisotopic (exact) mass is 351 g/mol. The summed E-state index contributed by atoms with van der Waals surface area (Å²) in [7, 11) is 1.62. The van der Waals surface area contributed by atoms with Crippen molar-refractivity contribution in [3.63, 3.8) is 0 Å². The van der Waals surface area contributed by atoms with E-state index in [4.69, 9.17) is 4.74 Å². The Morgan fingerprint density at radius 1 is 1.27 bits per heavy atom. The van der Waals surface area contributed by atoms with Crippen LogP contribution in [-0.2, 0) is 11.3 Å². The molecule has 4 rings (SSSR count). The van der Waals surface area contributed by atoms with Gasteiger partial charge in [-0.15, -0.1) is 0 Å². The molecule has 1 N–H and O–H groups in total. The topological polar surface area (TPSA) is 56.1 Å². The van der Waals surface area contributed by atoms with Gasteiger partial charge < -0.3 is 10.1 Å². The lowest BCUT2D eigenvalue weighted by atomic mass is 9.87. The number of benzene rings is 2. The molecule has 1 aliphatic heterocycles. The van der Waals surface area contributed by atoms with E-state index in [1.54, 1.807) is 24.1 Å². The summed E-state index contributed by atoms with van der Waals surface area (Å²) in [5, 5.41) is 7.33. The Morgan fingerprint density at radius 3 is 2.92 bits per heavy atom. The van der Waals surface area contributed by atoms with Gasteiger partial charge in [-0.2, -0.15) is 5.10 Å². The van der Waals surface area contributed by atoms with E-state index >= 15 is 0 Å². The Labute approximate surface area is 150 Å². The summed E-state index contributed by atoms with van der Waals surface area (Å²) in [6, 6.07) is 14.1. The van der Waals surface area contributed by atoms with Gasteiger partial charge in [0.15, 0.2) is 0 Å². The number of hydrogen-bond donors (Lipinski definition) is 1. The lowest BCUT2D eigenvalue weighted by Gasteiger charge is -2.24. The zero-order chi connectivity index (χ0) is 18.1. The third kappa shape index (κ3) is 3.06. The Morgan fingerprint density at radius 2 is 2.12 bits per heavy atom. The minimum absolute atomic E-state index is 0.0636. The number of ether oxygens (including phenoxy) is 1. The summed E-state index contributed by atoms with van der Waals surface area (Å²) in [4.78, 5) is 12.3. The molecule has 0 spiro atoms. The van der Waals surface area contributed by atoms with Crippen LogP contribution >= 0.6 is 0 Å². The number of nitrogens with zero attached hydrogens (tertiary/aromatic N) is 2. The standard InChI is InChI=1S/C20H18FN3O2/c1-26-16-7-3-5-14(9-16)17-10-19(25)23-20-18(17)11-22-24(20)12-13-4-2-6-15(21)8-13/h2-9,11,17H,10,12H2,1H3,(H,23,25). The van der Waals surface area contributed by atoms with Gasteiger partial charge in [0.2, 0.25) is 5.91 Å². The predicted molar refractivity (Wildman–Crippen MR) is 95.8 cm³/mol. The van der Waals surface area contributed by atoms with Crippen LogP contribution in [-0.4, -0.2) is 22.8 Å². The van der Waals surface area contributed by atoms with E-state index in [0.717, 1.165) is 22.4 Å². The molecule has 0 aliphatic carbocycles. The second-order valence-electron chi connectivity index (χ2n) is 6.32. The molecule has 3 aromatic rings. The minimum atomic E-state index is -0.290. The summed E-state index contributed by atoms with van der Waals surface area (Å²) < 4.78 is 20.4. The molecule has 5 nitrogen and oxygen atoms in total. The number of rotatable bonds is 4. The quantitative estimate of drug-likeness (QED) is 0.782. The molecule has 0 fully saturated rings. The van der Waals surface area contributed by atoms with E-state index in [-0.39, 0.29) is 17.6 Å². The fourth-order valence-corrected chi connectivity index (χ4v) is 3.35. The first kappa shape index (κ1) is 16.3. The fraction of sp³-hybridized carbons (Fsp3) is 0.200. The molecule has 1 unspecified atom stereocenters. The van der Waals surface area contributed by atoms with Crippen LogP contribution in [0, 0.1) is 5.82 Å². The van der Waals surface area contributed by atoms with Gasteiger partial charge in [-0.1, -0.05) is 24.3 Å². The average molecular weight is 351 g/mol. The zero-order valence-electron chi connectivity index (χ0n) is 14.3. The second-order valence-corrected chi connectivity index (χ2v) is 6.32. The Balaban J connectivity index is 1.70. The lowest BCUT2D eigenvalue weighted by molar-refractivity contribution is -0.116. The van der Waals surface area contributed by atoms with Gasteiger partial charge in [-0.3, -0.25) is 4.79 Å². The maximum atomic E-state index is 13.4. The van der Waals surface area contributed by atoms with Gasteiger partial charge >= 0.3 is 0 Å². The van der Waals surface area contributed by atoms with E-state index in [1.165, 1.54) is 12.1 Å². The van der Waals surface area contributed by atoms with E-state index in [0.29, 0.717) is 18.8 Å². The first-order valence-corrected chi connectivity index (χ1v) is 8.38. The van der Waals surface area contributed by atoms with Gasteiger partial charge in [0.05, 0.1) is 19.9 Å². The molecule has 1 atom stereocenters. The number of carbonyl (C=O) groups excluding carboxylic acids is 1. The second kappa shape index (κ2) is 6.63. The van der Waals surface area contributed by atoms with Gasteiger partial charge in [0.1, 0.15) is 17.4 Å². The maximum absolute atomic E-state index is 13.4. The highest BCUT2D eigenvalue weighted by molar-refractivity contribution is 5.94. The molecule has 2 aromatic carbocycles. The van der Waals surface area contributed by atoms with E-state index in [9.17, 15) is 9.18 Å². The maximum Gasteiger partial charge on any atom is 0.226 e. The minimum Gasteiger partial charge on any atom is -0.497 e. The van der Waals surface area contributed by atoms with Crippen molar-refractivity contribution in [2.75, 3.05) is 12.4 Å². The number of anilines is 1. The number of carbonyl (C=O) groups is 1. The summed E-state index contributed by atoms with van der Waals surface area (Å²) in [6.07, 6.45) is 2.13. The molecule has 0 bridgehead atoms. The molecule has 1 aliphatic rings. The highest BCUT2D eigenvalue weighted by Crippen LogP contribution is 2.38. The van der Waals surface area contributed by atoms with Crippen molar-refractivity contribution in [2.45, 2.75) is 18.9 Å². The Hall–Kier alpha value is -3.15. The summed E-state index contributed by atoms with van der Waals surface area (Å²) in [6.45, 7) is 0.387. The van der Waals surface area contributed by atoms with Gasteiger partial charge in [-0.05, 0) is 35.4 Å². The zero-order valence-corrected chi connectivity index (χ0v) is 14.3. The molecule has 1 aromatic heterocycles. The van der Waals surface area contributed by atoms with Crippen LogP contribution in [0.1, 0.15) is 29.0 Å². The van der Waals surface area contributed by atoms with Crippen LogP contribution in [0.4, 0.5) is 10.2 Å². The summed E-state index contributed by atoms with van der Waals surface area (Å²) in [5.41, 5.74) is 2.74. The summed E-state index contributed by atoms with van der Waals surface area (Å²) >= 11 is 0. The van der Waals surface area contributed by atoms with Crippen molar-refractivity contribution in [1.29, 1.82) is 0 Å². The van der Waals surface area contributed by atoms with Crippen molar-refractivity contribution in [2.24, 2.45) is 0 Å². The van der Waals surface area contributed by atoms with Crippen LogP contribution < -0.4 is 10.1 Å². The van der Waals surface area contributed by atoms with E-state index in [1.807, 2.05) is 30.3 Å². The van der Waals surface area contributed by atoms with Crippen molar-refractivity contribution in [3.8, 4) is 5.75 Å². The molecular formula is C20H18FN3O2. The fourth-order valence-electron chi connectivity index (χ4n) is 3.35. The van der Waals surface area contributed by atoms with Crippen LogP contribution in [0.15, 0.2) is 54.7 Å². The molecule has 0 radical (unpaired) electrons. The highest BCUT2D eigenvalue weighted by Gasteiger charge is 2.30. The van der Waals surface area contributed by atoms with Crippen molar-refractivity contribution in [3.05, 3.63) is 77.2 Å². The molecule has 132 valence electrons. The number of fused-ring (bicyclic) bond motifs is 1. The molecule has 26 heavy (non-hydrogen) atoms. The number of aromatic nitrogens is 2. The van der Waals surface area contributed by atoms with E-state index in [2.05, 4.69) is 10.4 Å². The molecule has 6 heteroatoms. The third-order valence-electron chi connectivity index (χ3n) is 4.61. The number of amides is 1. The summed E-state index contributed by atoms with van der Waals surface area (Å²) in [5.74, 6) is 0.976. The lowest BCUT2D eigenvalue weighted by Crippen LogP contribution is -2.25. The Kier molecular flexibility index (Phi) is 4.16. The van der Waals surface area contributed by atoms with Crippen LogP contribution in [0.25, 0.3) is 0 Å². The molecule has 0 saturated heterocycles. The van der Waals surface area contributed by atoms with Crippen molar-refractivity contribution >= 4 is 11.7 Å². The normalized spacial score (nSPS) is 16.1. The number of hydrogen-bond acceptors (Lipinski definition) is 3. The van der Waals surface area contributed by atoms with Gasteiger partial charge in [-0.25, -0.2) is 9.07 Å². The van der Waals surface area contributed by atoms with Crippen LogP contribution in [0.3, 0.4) is 0 Å². The van der Waals surface area contributed by atoms with Gasteiger partial charge in [0, 0.05) is 17.9 Å². The smallest absolute Gasteiger partial charge is 0.226 e. The number of nitrogens with one attached hydrogen (secondary N) is 1. The van der Waals surface area contributed by atoms with Crippen LogP contribution in [0.2, 0.25) is 0 Å². The van der Waals surface area contributed by atoms with E-state index < -0.39 is 0 Å². The van der Waals surface area contributed by atoms with Crippen LogP contribution in [0.5, 0.6) is 5.75 Å². The number of methoxy groups -OCH3 is 1. The SMILES string of the molecule is COc1cccc(C2CC(=O)Nc3c2cnn3Cc2cccc(F)c2)c1. The molecular weight excluding hydrogens is 333 g/mol. The Bertz CT molecular complexity index is 967. The molecule has 2 heterocycles. The average Bonchev–Trinajstić information content (AvgIpc) is 3.03. The molecule has 0 saturated carbocycles.